The first-order valence-corrected chi connectivity index (χ1v) is 5.46. The lowest BCUT2D eigenvalue weighted by atomic mass is 10.1. The average molecular weight is 232 g/mol. The van der Waals surface area contributed by atoms with Crippen LogP contribution < -0.4 is 0 Å². The molecule has 0 unspecified atom stereocenters. The van der Waals surface area contributed by atoms with E-state index in [1.807, 2.05) is 43.3 Å². The molecule has 3 rings (SSSR count). The number of aromatic nitrogens is 2. The van der Waals surface area contributed by atoms with Gasteiger partial charge in [-0.15, -0.1) is 0 Å². The second-order valence-corrected chi connectivity index (χ2v) is 4.18. The van der Waals surface area contributed by atoms with Gasteiger partial charge in [-0.3, -0.25) is 0 Å². The van der Waals surface area contributed by atoms with E-state index in [9.17, 15) is 0 Å². The molecule has 0 bridgehead atoms. The van der Waals surface area contributed by atoms with Gasteiger partial charge in [-0.25, -0.2) is 4.98 Å². The molecule has 1 aliphatic carbocycles. The zero-order valence-corrected chi connectivity index (χ0v) is 9.65. The van der Waals surface area contributed by atoms with Crippen LogP contribution in [-0.4, -0.2) is 9.97 Å². The third kappa shape index (κ3) is 1.33. The van der Waals surface area contributed by atoms with E-state index in [4.69, 9.17) is 10.5 Å². The molecule has 2 aliphatic rings. The number of hydrogen-bond donors (Lipinski definition) is 1. The van der Waals surface area contributed by atoms with E-state index < -0.39 is 0 Å². The Morgan fingerprint density at radius 1 is 1.17 bits per heavy atom. The van der Waals surface area contributed by atoms with E-state index >= 15 is 0 Å². The summed E-state index contributed by atoms with van der Waals surface area (Å²) in [5, 5.41) is 20.0. The van der Waals surface area contributed by atoms with Crippen LogP contribution in [0.5, 0.6) is 0 Å². The van der Waals surface area contributed by atoms with Gasteiger partial charge in [-0.05, 0) is 24.4 Å². The molecule has 0 saturated heterocycles. The van der Waals surface area contributed by atoms with Crippen molar-refractivity contribution in [3.8, 4) is 23.5 Å². The van der Waals surface area contributed by atoms with Gasteiger partial charge < -0.3 is 4.98 Å². The van der Waals surface area contributed by atoms with Gasteiger partial charge in [0.05, 0.1) is 11.4 Å². The molecule has 1 N–H and O–H groups in total. The summed E-state index contributed by atoms with van der Waals surface area (Å²) in [5.74, 6) is 0. The Hall–Kier alpha value is -2.85. The number of nitrogens with one attached hydrogen (secondary N) is 1. The van der Waals surface area contributed by atoms with Crippen LogP contribution in [0.1, 0.15) is 17.0 Å². The number of nitrogens with zero attached hydrogens (tertiary/aromatic N) is 3. The Labute approximate surface area is 103 Å². The number of benzene rings is 1. The number of fused-ring (bicyclic) bond motifs is 3. The molecule has 4 nitrogen and oxygen atoms in total. The van der Waals surface area contributed by atoms with Crippen molar-refractivity contribution in [1.29, 1.82) is 10.5 Å². The van der Waals surface area contributed by atoms with Crippen molar-refractivity contribution in [2.45, 2.75) is 6.92 Å². The van der Waals surface area contributed by atoms with Crippen LogP contribution in [0.2, 0.25) is 0 Å². The summed E-state index contributed by atoms with van der Waals surface area (Å²) in [4.78, 5) is 7.24. The maximum Gasteiger partial charge on any atom is 0.175 e. The van der Waals surface area contributed by atoms with Crippen molar-refractivity contribution < 1.29 is 0 Å². The predicted molar refractivity (Wildman–Crippen MR) is 66.9 cm³/mol. The summed E-state index contributed by atoms with van der Waals surface area (Å²) in [5.41, 5.74) is 3.01. The topological polar surface area (TPSA) is 76.3 Å². The van der Waals surface area contributed by atoms with Gasteiger partial charge in [0, 0.05) is 5.39 Å². The van der Waals surface area contributed by atoms with E-state index in [0.29, 0.717) is 0 Å². The fraction of sp³-hybridized carbons (Fsp3) is 0.0714. The number of hydrogen-bond acceptors (Lipinski definition) is 3. The zero-order valence-electron chi connectivity index (χ0n) is 9.65. The highest BCUT2D eigenvalue weighted by molar-refractivity contribution is 6.00. The Morgan fingerprint density at radius 2 is 2.00 bits per heavy atom. The summed E-state index contributed by atoms with van der Waals surface area (Å²) in [6.07, 6.45) is 0. The molecule has 1 heterocycles. The van der Waals surface area contributed by atoms with E-state index in [-0.39, 0.29) is 11.4 Å². The molecule has 0 spiro atoms. The Bertz CT molecular complexity index is 814. The molecular weight excluding hydrogens is 224 g/mol. The SMILES string of the molecule is Cc1ccc2cc3[nH]c(C#N)c(C#N)nc-3c2c1. The van der Waals surface area contributed by atoms with Crippen molar-refractivity contribution in [1.82, 2.24) is 9.97 Å². The van der Waals surface area contributed by atoms with E-state index in [2.05, 4.69) is 9.97 Å². The minimum atomic E-state index is 0.138. The van der Waals surface area contributed by atoms with Gasteiger partial charge in [0.2, 0.25) is 0 Å². The van der Waals surface area contributed by atoms with E-state index in [1.165, 1.54) is 0 Å². The van der Waals surface area contributed by atoms with Crippen LogP contribution in [0, 0.1) is 29.6 Å². The van der Waals surface area contributed by atoms with Gasteiger partial charge in [0.15, 0.2) is 11.4 Å². The Balaban J connectivity index is 2.47. The third-order valence-electron chi connectivity index (χ3n) is 2.96. The highest BCUT2D eigenvalue weighted by atomic mass is 14.9. The van der Waals surface area contributed by atoms with Crippen LogP contribution in [0.15, 0.2) is 24.3 Å². The molecule has 1 aromatic carbocycles. The molecule has 84 valence electrons. The normalized spacial score (nSPS) is 10.4. The summed E-state index contributed by atoms with van der Waals surface area (Å²) in [6.45, 7) is 2.01. The predicted octanol–water partition coefficient (Wildman–Crippen LogP) is 2.72. The van der Waals surface area contributed by atoms with Gasteiger partial charge in [-0.1, -0.05) is 17.7 Å². The Kier molecular flexibility index (Phi) is 2.05. The summed E-state index contributed by atoms with van der Waals surface area (Å²) in [6, 6.07) is 11.9. The van der Waals surface area contributed by atoms with Crippen molar-refractivity contribution in [3.63, 3.8) is 0 Å². The van der Waals surface area contributed by atoms with Crippen LogP contribution in [0.3, 0.4) is 0 Å². The van der Waals surface area contributed by atoms with Crippen molar-refractivity contribution in [2.75, 3.05) is 0 Å². The van der Waals surface area contributed by atoms with Gasteiger partial charge >= 0.3 is 0 Å². The first-order chi connectivity index (χ1) is 8.72. The third-order valence-corrected chi connectivity index (χ3v) is 2.96. The molecule has 0 fully saturated rings. The van der Waals surface area contributed by atoms with Crippen LogP contribution >= 0.6 is 0 Å². The van der Waals surface area contributed by atoms with Crippen LogP contribution in [0.25, 0.3) is 22.2 Å². The van der Waals surface area contributed by atoms with Gasteiger partial charge in [0.1, 0.15) is 12.1 Å². The standard InChI is InChI=1S/C14H8N4/c1-8-2-3-9-5-11-14(10(9)4-8)18-13(7-16)12(6-15)17-11/h2-5,17H,1H3. The fourth-order valence-electron chi connectivity index (χ4n) is 2.11. The molecule has 4 heteroatoms. The molecule has 0 atom stereocenters. The number of H-pyrrole nitrogens is 1. The van der Waals surface area contributed by atoms with Crippen molar-refractivity contribution >= 4 is 10.8 Å². The lowest BCUT2D eigenvalue weighted by Gasteiger charge is -2.02. The smallest absolute Gasteiger partial charge is 0.175 e. The van der Waals surface area contributed by atoms with E-state index in [0.717, 1.165) is 27.7 Å². The lowest BCUT2D eigenvalue weighted by molar-refractivity contribution is 1.14. The summed E-state index contributed by atoms with van der Waals surface area (Å²) >= 11 is 0. The molecule has 0 radical (unpaired) electrons. The molecule has 1 aliphatic heterocycles. The van der Waals surface area contributed by atoms with Crippen molar-refractivity contribution in [2.24, 2.45) is 0 Å². The Morgan fingerprint density at radius 3 is 2.72 bits per heavy atom. The molecule has 0 saturated carbocycles. The molecule has 0 aromatic heterocycles. The minimum Gasteiger partial charge on any atom is -0.343 e. The number of aryl methyl sites for hydroxylation is 1. The highest BCUT2D eigenvalue weighted by Crippen LogP contribution is 2.32. The molecular formula is C14H8N4. The highest BCUT2D eigenvalue weighted by Gasteiger charge is 2.16. The maximum absolute atomic E-state index is 8.99. The molecule has 18 heavy (non-hydrogen) atoms. The second kappa shape index (κ2) is 3.58. The van der Waals surface area contributed by atoms with Crippen LogP contribution in [0.4, 0.5) is 0 Å². The van der Waals surface area contributed by atoms with Crippen molar-refractivity contribution in [3.05, 3.63) is 41.2 Å². The number of nitriles is 2. The van der Waals surface area contributed by atoms with Gasteiger partial charge in [0.25, 0.3) is 0 Å². The quantitative estimate of drug-likeness (QED) is 0.647. The second-order valence-electron chi connectivity index (χ2n) is 4.18. The first-order valence-electron chi connectivity index (χ1n) is 5.46. The monoisotopic (exact) mass is 232 g/mol. The average Bonchev–Trinajstić information content (AvgIpc) is 2.74. The summed E-state index contributed by atoms with van der Waals surface area (Å²) in [7, 11) is 0. The summed E-state index contributed by atoms with van der Waals surface area (Å²) < 4.78 is 0. The maximum atomic E-state index is 8.99. The number of rotatable bonds is 0. The number of aromatic amines is 1. The first kappa shape index (κ1) is 10.3. The fourth-order valence-corrected chi connectivity index (χ4v) is 2.11. The van der Waals surface area contributed by atoms with Gasteiger partial charge in [-0.2, -0.15) is 10.5 Å². The minimum absolute atomic E-state index is 0.138. The lowest BCUT2D eigenvalue weighted by Crippen LogP contribution is -1.97. The molecule has 0 amide bonds. The largest absolute Gasteiger partial charge is 0.343 e. The molecule has 1 aromatic rings. The van der Waals surface area contributed by atoms with Crippen LogP contribution in [-0.2, 0) is 0 Å². The van der Waals surface area contributed by atoms with E-state index in [1.54, 1.807) is 0 Å². The zero-order chi connectivity index (χ0) is 12.7.